The Balaban J connectivity index is 1.31. The van der Waals surface area contributed by atoms with E-state index < -0.39 is 17.6 Å². The average molecular weight is 481 g/mol. The minimum atomic E-state index is -1.50. The molecule has 2 aromatic rings. The molecular formula is C27H32N2O6. The van der Waals surface area contributed by atoms with Gasteiger partial charge in [-0.15, -0.1) is 0 Å². The van der Waals surface area contributed by atoms with Crippen molar-refractivity contribution in [3.8, 4) is 11.1 Å². The molecule has 2 aromatic carbocycles. The van der Waals surface area contributed by atoms with E-state index in [4.69, 9.17) is 9.47 Å². The number of benzene rings is 2. The number of rotatable bonds is 11. The number of ether oxygens (including phenoxy) is 2. The smallest absolute Gasteiger partial charge is 0.407 e. The zero-order chi connectivity index (χ0) is 25.0. The van der Waals surface area contributed by atoms with E-state index in [1.165, 1.54) is 25.2 Å². The fourth-order valence-corrected chi connectivity index (χ4v) is 4.87. The highest BCUT2D eigenvalue weighted by Crippen LogP contribution is 2.44. The zero-order valence-electron chi connectivity index (χ0n) is 20.1. The Hall–Kier alpha value is -3.39. The summed E-state index contributed by atoms with van der Waals surface area (Å²) in [5.41, 5.74) is 3.12. The average Bonchev–Trinajstić information content (AvgIpc) is 3.63. The predicted octanol–water partition coefficient (Wildman–Crippen LogP) is 3.55. The highest BCUT2D eigenvalue weighted by Gasteiger charge is 2.38. The van der Waals surface area contributed by atoms with Crippen molar-refractivity contribution in [3.05, 3.63) is 59.7 Å². The third-order valence-electron chi connectivity index (χ3n) is 6.91. The van der Waals surface area contributed by atoms with Gasteiger partial charge in [-0.3, -0.25) is 4.79 Å². The van der Waals surface area contributed by atoms with Crippen LogP contribution in [0.25, 0.3) is 11.1 Å². The molecule has 0 aliphatic heterocycles. The van der Waals surface area contributed by atoms with E-state index in [2.05, 4.69) is 34.9 Å². The number of alkyl carbamates (subject to hydrolysis) is 1. The Bertz CT molecular complexity index is 1050. The van der Waals surface area contributed by atoms with Crippen LogP contribution in [-0.2, 0) is 19.1 Å². The molecule has 3 N–H and O–H groups in total. The van der Waals surface area contributed by atoms with Crippen molar-refractivity contribution in [1.29, 1.82) is 0 Å². The monoisotopic (exact) mass is 480 g/mol. The Morgan fingerprint density at radius 1 is 1.06 bits per heavy atom. The fourth-order valence-electron chi connectivity index (χ4n) is 4.87. The first-order valence-corrected chi connectivity index (χ1v) is 11.9. The Morgan fingerprint density at radius 2 is 1.66 bits per heavy atom. The minimum Gasteiger partial charge on any atom is -0.479 e. The number of carboxylic acid groups (broad SMARTS) is 1. The van der Waals surface area contributed by atoms with Crippen molar-refractivity contribution in [2.45, 2.75) is 37.6 Å². The summed E-state index contributed by atoms with van der Waals surface area (Å²) in [4.78, 5) is 36.7. The second kappa shape index (κ2) is 10.5. The summed E-state index contributed by atoms with van der Waals surface area (Å²) in [6.07, 6.45) is 1.57. The van der Waals surface area contributed by atoms with Crippen LogP contribution in [0, 0.1) is 11.8 Å². The Labute approximate surface area is 205 Å². The summed E-state index contributed by atoms with van der Waals surface area (Å²) in [6, 6.07) is 16.3. The van der Waals surface area contributed by atoms with E-state index in [9.17, 15) is 19.5 Å². The summed E-state index contributed by atoms with van der Waals surface area (Å²) in [6.45, 7) is 1.79. The van der Waals surface area contributed by atoms with Crippen LogP contribution in [0.15, 0.2) is 48.5 Å². The van der Waals surface area contributed by atoms with Gasteiger partial charge in [-0.25, -0.2) is 9.59 Å². The number of fused-ring (bicyclic) bond motifs is 3. The van der Waals surface area contributed by atoms with Gasteiger partial charge in [0.15, 0.2) is 5.54 Å². The number of nitrogens with one attached hydrogen (secondary N) is 2. The van der Waals surface area contributed by atoms with Crippen molar-refractivity contribution in [1.82, 2.24) is 10.6 Å². The maximum atomic E-state index is 12.6. The molecular weight excluding hydrogens is 448 g/mol. The molecule has 2 aliphatic carbocycles. The van der Waals surface area contributed by atoms with Gasteiger partial charge >= 0.3 is 12.1 Å². The molecule has 2 aliphatic rings. The van der Waals surface area contributed by atoms with Crippen molar-refractivity contribution >= 4 is 18.0 Å². The molecule has 0 spiro atoms. The molecule has 35 heavy (non-hydrogen) atoms. The van der Waals surface area contributed by atoms with Crippen LogP contribution in [0.3, 0.4) is 0 Å². The molecule has 1 saturated carbocycles. The van der Waals surface area contributed by atoms with Crippen LogP contribution in [0.2, 0.25) is 0 Å². The largest absolute Gasteiger partial charge is 0.479 e. The van der Waals surface area contributed by atoms with Crippen molar-refractivity contribution in [2.75, 3.05) is 26.9 Å². The summed E-state index contributed by atoms with van der Waals surface area (Å²) in [5, 5.41) is 14.8. The molecule has 2 unspecified atom stereocenters. The summed E-state index contributed by atoms with van der Waals surface area (Å²) < 4.78 is 10.6. The molecule has 2 atom stereocenters. The standard InChI is InChI=1S/C27H32N2O6/c1-27(16-34-2,25(31)32)29-24(30)13-18(17-11-12-17)14-28-26(33)35-15-23-21-9-5-3-7-19(21)20-8-4-6-10-22(20)23/h3-10,17-18,23H,11-16H2,1-2H3,(H,28,33)(H,29,30)(H,31,32). The molecule has 0 heterocycles. The van der Waals surface area contributed by atoms with Gasteiger partial charge in [0.05, 0.1) is 6.61 Å². The van der Waals surface area contributed by atoms with E-state index in [0.29, 0.717) is 12.5 Å². The first-order chi connectivity index (χ1) is 16.8. The van der Waals surface area contributed by atoms with Crippen LogP contribution in [0.4, 0.5) is 4.79 Å². The summed E-state index contributed by atoms with van der Waals surface area (Å²) in [7, 11) is 1.39. The number of amides is 2. The van der Waals surface area contributed by atoms with Crippen LogP contribution in [-0.4, -0.2) is 55.5 Å². The van der Waals surface area contributed by atoms with Gasteiger partial charge < -0.3 is 25.2 Å². The van der Waals surface area contributed by atoms with Gasteiger partial charge in [0, 0.05) is 26.0 Å². The second-order valence-corrected chi connectivity index (χ2v) is 9.63. The lowest BCUT2D eigenvalue weighted by atomic mass is 9.97. The van der Waals surface area contributed by atoms with E-state index in [-0.39, 0.29) is 37.4 Å². The molecule has 0 radical (unpaired) electrons. The van der Waals surface area contributed by atoms with Gasteiger partial charge in [-0.2, -0.15) is 0 Å². The molecule has 0 aromatic heterocycles. The maximum Gasteiger partial charge on any atom is 0.407 e. The molecule has 4 rings (SSSR count). The SMILES string of the molecule is COCC(C)(NC(=O)CC(CNC(=O)OCC1c2ccccc2-c2ccccc21)C1CC1)C(=O)O. The van der Waals surface area contributed by atoms with E-state index >= 15 is 0 Å². The van der Waals surface area contributed by atoms with Gasteiger partial charge in [-0.1, -0.05) is 48.5 Å². The van der Waals surface area contributed by atoms with Crippen LogP contribution in [0.5, 0.6) is 0 Å². The number of carboxylic acids is 1. The molecule has 1 fully saturated rings. The molecule has 2 amide bonds. The van der Waals surface area contributed by atoms with Crippen molar-refractivity contribution < 1.29 is 29.0 Å². The van der Waals surface area contributed by atoms with Crippen molar-refractivity contribution in [3.63, 3.8) is 0 Å². The number of carbonyl (C=O) groups is 3. The van der Waals surface area contributed by atoms with Gasteiger partial charge in [0.2, 0.25) is 5.91 Å². The number of carbonyl (C=O) groups excluding carboxylic acids is 2. The number of hydrogen-bond acceptors (Lipinski definition) is 5. The minimum absolute atomic E-state index is 0.0207. The van der Waals surface area contributed by atoms with Crippen LogP contribution < -0.4 is 10.6 Å². The van der Waals surface area contributed by atoms with Gasteiger partial charge in [0.1, 0.15) is 6.61 Å². The van der Waals surface area contributed by atoms with Gasteiger partial charge in [0.25, 0.3) is 0 Å². The first-order valence-electron chi connectivity index (χ1n) is 11.9. The first kappa shape index (κ1) is 24.7. The third kappa shape index (κ3) is 5.65. The quantitative estimate of drug-likeness (QED) is 0.453. The molecule has 8 nitrogen and oxygen atoms in total. The normalized spacial score (nSPS) is 17.0. The Kier molecular flexibility index (Phi) is 7.40. The molecule has 186 valence electrons. The van der Waals surface area contributed by atoms with Gasteiger partial charge in [-0.05, 0) is 53.9 Å². The maximum absolute atomic E-state index is 12.6. The fraction of sp³-hybridized carbons (Fsp3) is 0.444. The van der Waals surface area contributed by atoms with E-state index in [1.807, 2.05) is 24.3 Å². The zero-order valence-corrected chi connectivity index (χ0v) is 20.1. The second-order valence-electron chi connectivity index (χ2n) is 9.63. The Morgan fingerprint density at radius 3 is 2.20 bits per heavy atom. The molecule has 0 bridgehead atoms. The lowest BCUT2D eigenvalue weighted by Gasteiger charge is -2.26. The highest BCUT2D eigenvalue weighted by atomic mass is 16.5. The lowest BCUT2D eigenvalue weighted by molar-refractivity contribution is -0.149. The van der Waals surface area contributed by atoms with Crippen LogP contribution >= 0.6 is 0 Å². The number of hydrogen-bond donors (Lipinski definition) is 3. The number of aliphatic carboxylic acids is 1. The third-order valence-corrected chi connectivity index (χ3v) is 6.91. The predicted molar refractivity (Wildman–Crippen MR) is 130 cm³/mol. The summed E-state index contributed by atoms with van der Waals surface area (Å²) in [5.74, 6) is -1.32. The number of methoxy groups -OCH3 is 1. The topological polar surface area (TPSA) is 114 Å². The van der Waals surface area contributed by atoms with Crippen LogP contribution in [0.1, 0.15) is 43.2 Å². The highest BCUT2D eigenvalue weighted by molar-refractivity contribution is 5.87. The lowest BCUT2D eigenvalue weighted by Crippen LogP contribution is -2.55. The van der Waals surface area contributed by atoms with E-state index in [1.54, 1.807) is 0 Å². The van der Waals surface area contributed by atoms with E-state index in [0.717, 1.165) is 24.0 Å². The molecule has 0 saturated heterocycles. The molecule has 8 heteroatoms. The van der Waals surface area contributed by atoms with Crippen molar-refractivity contribution in [2.24, 2.45) is 11.8 Å². The summed E-state index contributed by atoms with van der Waals surface area (Å²) >= 11 is 0.